The van der Waals surface area contributed by atoms with Gasteiger partial charge < -0.3 is 5.32 Å². The molecule has 4 aromatic rings. The van der Waals surface area contributed by atoms with Crippen molar-refractivity contribution in [2.24, 2.45) is 7.05 Å². The molecule has 1 amide bonds. The maximum Gasteiger partial charge on any atom is 0.275 e. The first-order valence-electron chi connectivity index (χ1n) is 11.8. The predicted molar refractivity (Wildman–Crippen MR) is 137 cm³/mol. The van der Waals surface area contributed by atoms with Crippen LogP contribution in [0.1, 0.15) is 54.5 Å². The van der Waals surface area contributed by atoms with E-state index in [9.17, 15) is 4.79 Å². The fraction of sp³-hybridized carbons (Fsp3) is 0.308. The first kappa shape index (κ1) is 22.8. The lowest BCUT2D eigenvalue weighted by molar-refractivity contribution is 0.102. The highest BCUT2D eigenvalue weighted by molar-refractivity contribution is 6.04. The first-order valence-corrected chi connectivity index (χ1v) is 11.8. The molecule has 0 atom stereocenters. The molecule has 0 radical (unpaired) electrons. The van der Waals surface area contributed by atoms with Crippen LogP contribution in [0.2, 0.25) is 0 Å². The molecule has 180 valence electrons. The number of hydrazine groups is 1. The molecule has 5 rings (SSSR count). The minimum Gasteiger partial charge on any atom is -0.305 e. The van der Waals surface area contributed by atoms with Crippen molar-refractivity contribution in [3.05, 3.63) is 71.9 Å². The van der Waals surface area contributed by atoms with E-state index in [2.05, 4.69) is 55.5 Å². The second-order valence-electron chi connectivity index (χ2n) is 9.20. The molecule has 1 fully saturated rings. The lowest BCUT2D eigenvalue weighted by Crippen LogP contribution is -2.45. The zero-order valence-electron chi connectivity index (χ0n) is 20.4. The molecule has 9 nitrogen and oxygen atoms in total. The zero-order valence-corrected chi connectivity index (χ0v) is 20.4. The van der Waals surface area contributed by atoms with E-state index in [-0.39, 0.29) is 17.8 Å². The maximum atomic E-state index is 13.0. The Kier molecular flexibility index (Phi) is 5.86. The van der Waals surface area contributed by atoms with Gasteiger partial charge >= 0.3 is 0 Å². The van der Waals surface area contributed by atoms with Gasteiger partial charge in [-0.25, -0.2) is 10.4 Å². The third-order valence-electron chi connectivity index (χ3n) is 6.38. The summed E-state index contributed by atoms with van der Waals surface area (Å²) in [4.78, 5) is 21.8. The van der Waals surface area contributed by atoms with Crippen LogP contribution in [0, 0.1) is 5.41 Å². The van der Waals surface area contributed by atoms with Gasteiger partial charge in [0.05, 0.1) is 11.4 Å². The summed E-state index contributed by atoms with van der Waals surface area (Å²) in [6.07, 6.45) is 6.46. The molecular weight excluding hydrogens is 440 g/mol. The molecule has 1 aromatic carbocycles. The summed E-state index contributed by atoms with van der Waals surface area (Å²) in [6, 6.07) is 13.3. The average molecular weight is 471 g/mol. The number of fused-ring (bicyclic) bond motifs is 1. The normalized spacial score (nSPS) is 13.4. The molecule has 0 bridgehead atoms. The number of aromatic nitrogens is 4. The van der Waals surface area contributed by atoms with Crippen LogP contribution in [0.25, 0.3) is 16.5 Å². The quantitative estimate of drug-likeness (QED) is 0.215. The summed E-state index contributed by atoms with van der Waals surface area (Å²) in [5.74, 6) is 0.955. The van der Waals surface area contributed by atoms with Crippen molar-refractivity contribution in [2.45, 2.75) is 38.6 Å². The van der Waals surface area contributed by atoms with Gasteiger partial charge in [0, 0.05) is 43.8 Å². The Bertz CT molecular complexity index is 1410. The molecule has 1 saturated carbocycles. The van der Waals surface area contributed by atoms with E-state index >= 15 is 0 Å². The van der Waals surface area contributed by atoms with Gasteiger partial charge in [0.1, 0.15) is 17.2 Å². The monoisotopic (exact) mass is 470 g/mol. The standard InChI is InChI=1S/C26H30N8O/c1-16(2)34(28-3)25(27)21-6-5-7-24(30-21)31-26(35)22-13-19-12-20(11-10-18(19)14-29-22)33-15-23(32(33)4)17-8-9-17/h5-7,10-17,27-28H,8-9H2,1-4H3,(H,30,31,35). The van der Waals surface area contributed by atoms with Crippen molar-refractivity contribution in [3.63, 3.8) is 0 Å². The molecule has 0 aliphatic heterocycles. The number of hydrogen-bond acceptors (Lipinski definition) is 5. The summed E-state index contributed by atoms with van der Waals surface area (Å²) in [5, 5.41) is 14.9. The molecule has 3 aromatic heterocycles. The fourth-order valence-electron chi connectivity index (χ4n) is 4.32. The van der Waals surface area contributed by atoms with Crippen molar-refractivity contribution >= 4 is 28.3 Å². The van der Waals surface area contributed by atoms with E-state index in [0.717, 1.165) is 16.5 Å². The molecule has 1 aliphatic rings. The van der Waals surface area contributed by atoms with Gasteiger partial charge in [-0.2, -0.15) is 0 Å². The number of rotatable bonds is 7. The van der Waals surface area contributed by atoms with Crippen molar-refractivity contribution < 1.29 is 4.79 Å². The van der Waals surface area contributed by atoms with Gasteiger partial charge in [-0.3, -0.25) is 29.6 Å². The highest BCUT2D eigenvalue weighted by atomic mass is 16.1. The Morgan fingerprint density at radius 3 is 2.63 bits per heavy atom. The smallest absolute Gasteiger partial charge is 0.275 e. The number of anilines is 1. The number of hydrogen-bond donors (Lipinski definition) is 3. The van der Waals surface area contributed by atoms with Gasteiger partial charge in [-0.1, -0.05) is 12.1 Å². The van der Waals surface area contributed by atoms with Gasteiger partial charge in [-0.15, -0.1) is 0 Å². The third kappa shape index (κ3) is 4.42. The number of nitrogens with zero attached hydrogens (tertiary/aromatic N) is 5. The van der Waals surface area contributed by atoms with Crippen molar-refractivity contribution in [1.82, 2.24) is 29.8 Å². The third-order valence-corrected chi connectivity index (χ3v) is 6.38. The summed E-state index contributed by atoms with van der Waals surface area (Å²) >= 11 is 0. The van der Waals surface area contributed by atoms with Crippen LogP contribution in [0.15, 0.2) is 54.9 Å². The van der Waals surface area contributed by atoms with Crippen LogP contribution >= 0.6 is 0 Å². The Hall–Kier alpha value is -3.98. The van der Waals surface area contributed by atoms with Crippen LogP contribution in [0.5, 0.6) is 0 Å². The molecule has 0 unspecified atom stereocenters. The zero-order chi connectivity index (χ0) is 24.7. The minimum absolute atomic E-state index is 0.0751. The lowest BCUT2D eigenvalue weighted by atomic mass is 10.1. The van der Waals surface area contributed by atoms with Gasteiger partial charge in [0.2, 0.25) is 0 Å². The van der Waals surface area contributed by atoms with E-state index in [1.54, 1.807) is 42.5 Å². The summed E-state index contributed by atoms with van der Waals surface area (Å²) in [6.45, 7) is 3.96. The highest BCUT2D eigenvalue weighted by Gasteiger charge is 2.29. The van der Waals surface area contributed by atoms with Crippen molar-refractivity contribution in [2.75, 3.05) is 12.4 Å². The second kappa shape index (κ2) is 8.99. The van der Waals surface area contributed by atoms with Crippen molar-refractivity contribution in [1.29, 1.82) is 5.41 Å². The number of amides is 1. The topological polar surface area (TPSA) is 104 Å². The molecule has 3 N–H and O–H groups in total. The Morgan fingerprint density at radius 2 is 1.94 bits per heavy atom. The van der Waals surface area contributed by atoms with Crippen LogP contribution in [-0.4, -0.2) is 49.2 Å². The van der Waals surface area contributed by atoms with E-state index in [1.807, 2.05) is 19.9 Å². The van der Waals surface area contributed by atoms with E-state index in [1.165, 1.54) is 18.5 Å². The number of carbonyl (C=O) groups excluding carboxylic acids is 1. The molecule has 0 spiro atoms. The Labute approximate surface area is 204 Å². The van der Waals surface area contributed by atoms with Crippen molar-refractivity contribution in [3.8, 4) is 5.69 Å². The lowest BCUT2D eigenvalue weighted by Gasteiger charge is -2.27. The number of benzene rings is 1. The molecule has 3 heterocycles. The van der Waals surface area contributed by atoms with Crippen LogP contribution < -0.4 is 10.7 Å². The van der Waals surface area contributed by atoms with Crippen LogP contribution in [-0.2, 0) is 7.05 Å². The van der Waals surface area contributed by atoms with E-state index < -0.39 is 0 Å². The number of carbonyl (C=O) groups is 1. The largest absolute Gasteiger partial charge is 0.305 e. The van der Waals surface area contributed by atoms with E-state index in [0.29, 0.717) is 23.1 Å². The van der Waals surface area contributed by atoms with Crippen LogP contribution in [0.3, 0.4) is 0 Å². The summed E-state index contributed by atoms with van der Waals surface area (Å²) in [5.41, 5.74) is 6.20. The molecular formula is C26H30N8O. The highest BCUT2D eigenvalue weighted by Crippen LogP contribution is 2.41. The minimum atomic E-state index is -0.347. The van der Waals surface area contributed by atoms with Gasteiger partial charge in [0.25, 0.3) is 5.91 Å². The maximum absolute atomic E-state index is 13.0. The number of pyridine rings is 2. The first-order chi connectivity index (χ1) is 16.9. The van der Waals surface area contributed by atoms with Gasteiger partial charge in [-0.05, 0) is 62.4 Å². The second-order valence-corrected chi connectivity index (χ2v) is 9.20. The fourth-order valence-corrected chi connectivity index (χ4v) is 4.32. The average Bonchev–Trinajstić information content (AvgIpc) is 3.68. The number of amidine groups is 1. The SMILES string of the molecule is CNN(C(=N)c1cccc(NC(=O)c2cc3cc(-n4cc(C5CC5)n4C)ccc3cn2)n1)C(C)C. The van der Waals surface area contributed by atoms with E-state index in [4.69, 9.17) is 5.41 Å². The summed E-state index contributed by atoms with van der Waals surface area (Å²) in [7, 11) is 3.85. The molecule has 35 heavy (non-hydrogen) atoms. The van der Waals surface area contributed by atoms with Crippen LogP contribution in [0.4, 0.5) is 5.82 Å². The molecule has 0 saturated heterocycles. The molecule has 9 heteroatoms. The Morgan fingerprint density at radius 1 is 1.14 bits per heavy atom. The molecule has 1 aliphatic carbocycles. The summed E-state index contributed by atoms with van der Waals surface area (Å²) < 4.78 is 4.32. The Balaban J connectivity index is 1.36. The predicted octanol–water partition coefficient (Wildman–Crippen LogP) is 4.06. The van der Waals surface area contributed by atoms with Gasteiger partial charge in [0.15, 0.2) is 5.84 Å². The number of nitrogens with one attached hydrogen (secondary N) is 3.